The molecule has 0 aromatic heterocycles. The second-order valence-electron chi connectivity index (χ2n) is 4.63. The molecular formula is C13H20FNO. The van der Waals surface area contributed by atoms with E-state index in [4.69, 9.17) is 10.5 Å². The van der Waals surface area contributed by atoms with Crippen molar-refractivity contribution in [2.75, 3.05) is 13.7 Å². The van der Waals surface area contributed by atoms with E-state index in [-0.39, 0.29) is 17.0 Å². The predicted octanol–water partition coefficient (Wildman–Crippen LogP) is 2.71. The van der Waals surface area contributed by atoms with Gasteiger partial charge in [-0.3, -0.25) is 0 Å². The van der Waals surface area contributed by atoms with Crippen molar-refractivity contribution in [2.24, 2.45) is 11.7 Å². The van der Waals surface area contributed by atoms with E-state index >= 15 is 0 Å². The molecule has 1 unspecified atom stereocenters. The quantitative estimate of drug-likeness (QED) is 0.855. The number of halogens is 1. The summed E-state index contributed by atoms with van der Waals surface area (Å²) in [7, 11) is 1.46. The van der Waals surface area contributed by atoms with Gasteiger partial charge in [-0.1, -0.05) is 26.8 Å². The summed E-state index contributed by atoms with van der Waals surface area (Å²) in [5.74, 6) is 0.289. The Hall–Kier alpha value is -1.09. The highest BCUT2D eigenvalue weighted by Crippen LogP contribution is 2.33. The van der Waals surface area contributed by atoms with Crippen LogP contribution in [-0.4, -0.2) is 13.7 Å². The Balaban J connectivity index is 3.18. The summed E-state index contributed by atoms with van der Waals surface area (Å²) in [6.45, 7) is 6.74. The first-order valence-corrected chi connectivity index (χ1v) is 5.49. The van der Waals surface area contributed by atoms with E-state index in [1.807, 2.05) is 6.07 Å². The van der Waals surface area contributed by atoms with E-state index in [1.54, 1.807) is 6.07 Å². The van der Waals surface area contributed by atoms with Gasteiger partial charge in [-0.15, -0.1) is 0 Å². The van der Waals surface area contributed by atoms with Gasteiger partial charge >= 0.3 is 0 Å². The van der Waals surface area contributed by atoms with Gasteiger partial charge in [0, 0.05) is 12.0 Å². The molecule has 1 rings (SSSR count). The highest BCUT2D eigenvalue weighted by Gasteiger charge is 2.29. The van der Waals surface area contributed by atoms with Gasteiger partial charge in [0.15, 0.2) is 11.6 Å². The molecule has 0 saturated carbocycles. The summed E-state index contributed by atoms with van der Waals surface area (Å²) in [6.07, 6.45) is 0. The smallest absolute Gasteiger partial charge is 0.165 e. The molecule has 0 spiro atoms. The number of ether oxygens (including phenoxy) is 1. The fourth-order valence-electron chi connectivity index (χ4n) is 1.71. The molecule has 0 heterocycles. The number of methoxy groups -OCH3 is 1. The number of benzene rings is 1. The number of hydrogen-bond acceptors (Lipinski definition) is 2. The lowest BCUT2D eigenvalue weighted by Crippen LogP contribution is -2.37. The van der Waals surface area contributed by atoms with Crippen molar-refractivity contribution < 1.29 is 9.13 Å². The Morgan fingerprint density at radius 2 is 2.06 bits per heavy atom. The lowest BCUT2D eigenvalue weighted by atomic mass is 9.73. The normalized spacial score (nSPS) is 14.9. The van der Waals surface area contributed by atoms with Crippen molar-refractivity contribution in [1.29, 1.82) is 0 Å². The summed E-state index contributed by atoms with van der Waals surface area (Å²) < 4.78 is 18.5. The summed E-state index contributed by atoms with van der Waals surface area (Å²) in [5, 5.41) is 0. The fourth-order valence-corrected chi connectivity index (χ4v) is 1.71. The molecule has 0 saturated heterocycles. The minimum absolute atomic E-state index is 0.201. The zero-order chi connectivity index (χ0) is 12.3. The topological polar surface area (TPSA) is 35.2 Å². The SMILES string of the molecule is COc1ccc(C(C)(CN)C(C)C)cc1F. The minimum Gasteiger partial charge on any atom is -0.494 e. The number of rotatable bonds is 4. The molecule has 0 aliphatic rings. The molecule has 0 radical (unpaired) electrons. The Morgan fingerprint density at radius 3 is 2.44 bits per heavy atom. The Bertz CT molecular complexity index is 365. The first kappa shape index (κ1) is 13.0. The molecule has 16 heavy (non-hydrogen) atoms. The molecule has 1 atom stereocenters. The maximum Gasteiger partial charge on any atom is 0.165 e. The largest absolute Gasteiger partial charge is 0.494 e. The second kappa shape index (κ2) is 4.83. The molecule has 0 amide bonds. The van der Waals surface area contributed by atoms with Gasteiger partial charge in [0.1, 0.15) is 0 Å². The summed E-state index contributed by atoms with van der Waals surface area (Å²) in [4.78, 5) is 0. The number of hydrogen-bond donors (Lipinski definition) is 1. The predicted molar refractivity (Wildman–Crippen MR) is 64.2 cm³/mol. The van der Waals surface area contributed by atoms with Crippen molar-refractivity contribution in [2.45, 2.75) is 26.2 Å². The highest BCUT2D eigenvalue weighted by molar-refractivity contribution is 5.34. The standard InChI is InChI=1S/C13H20FNO/c1-9(2)13(3,8-15)10-5-6-12(16-4)11(14)7-10/h5-7,9H,8,15H2,1-4H3. The van der Waals surface area contributed by atoms with E-state index in [2.05, 4.69) is 20.8 Å². The third-order valence-corrected chi connectivity index (χ3v) is 3.51. The van der Waals surface area contributed by atoms with Gasteiger partial charge in [0.25, 0.3) is 0 Å². The van der Waals surface area contributed by atoms with Gasteiger partial charge in [0.05, 0.1) is 7.11 Å². The lowest BCUT2D eigenvalue weighted by molar-refractivity contribution is 0.342. The van der Waals surface area contributed by atoms with Gasteiger partial charge in [-0.05, 0) is 23.6 Å². The summed E-state index contributed by atoms with van der Waals surface area (Å²) in [6, 6.07) is 5.06. The molecule has 0 aliphatic carbocycles. The lowest BCUT2D eigenvalue weighted by Gasteiger charge is -2.33. The van der Waals surface area contributed by atoms with Crippen molar-refractivity contribution in [3.05, 3.63) is 29.6 Å². The first-order valence-electron chi connectivity index (χ1n) is 5.49. The fraction of sp³-hybridized carbons (Fsp3) is 0.538. The second-order valence-corrected chi connectivity index (χ2v) is 4.63. The van der Waals surface area contributed by atoms with Crippen LogP contribution in [0, 0.1) is 11.7 Å². The van der Waals surface area contributed by atoms with Gasteiger partial charge in [-0.2, -0.15) is 0 Å². The van der Waals surface area contributed by atoms with Crippen molar-refractivity contribution in [3.8, 4) is 5.75 Å². The zero-order valence-corrected chi connectivity index (χ0v) is 10.4. The van der Waals surface area contributed by atoms with Gasteiger partial charge in [-0.25, -0.2) is 4.39 Å². The monoisotopic (exact) mass is 225 g/mol. The van der Waals surface area contributed by atoms with E-state index in [0.29, 0.717) is 12.5 Å². The molecule has 0 aliphatic heterocycles. The highest BCUT2D eigenvalue weighted by atomic mass is 19.1. The maximum absolute atomic E-state index is 13.6. The zero-order valence-electron chi connectivity index (χ0n) is 10.4. The van der Waals surface area contributed by atoms with E-state index < -0.39 is 0 Å². The van der Waals surface area contributed by atoms with Crippen molar-refractivity contribution >= 4 is 0 Å². The molecule has 2 nitrogen and oxygen atoms in total. The molecule has 3 heteroatoms. The van der Waals surface area contributed by atoms with Crippen LogP contribution >= 0.6 is 0 Å². The van der Waals surface area contributed by atoms with Crippen molar-refractivity contribution in [1.82, 2.24) is 0 Å². The molecule has 1 aromatic carbocycles. The van der Waals surface area contributed by atoms with E-state index in [1.165, 1.54) is 13.2 Å². The average Bonchev–Trinajstić information content (AvgIpc) is 2.27. The number of nitrogens with two attached hydrogens (primary N) is 1. The van der Waals surface area contributed by atoms with Gasteiger partial charge in [0.2, 0.25) is 0 Å². The van der Waals surface area contributed by atoms with Crippen LogP contribution in [0.25, 0.3) is 0 Å². The first-order chi connectivity index (χ1) is 7.45. The Morgan fingerprint density at radius 1 is 1.44 bits per heavy atom. The molecule has 2 N–H and O–H groups in total. The maximum atomic E-state index is 13.6. The molecule has 1 aromatic rings. The van der Waals surface area contributed by atoms with Crippen LogP contribution in [0.15, 0.2) is 18.2 Å². The van der Waals surface area contributed by atoms with Crippen LogP contribution < -0.4 is 10.5 Å². The third-order valence-electron chi connectivity index (χ3n) is 3.51. The van der Waals surface area contributed by atoms with Crippen LogP contribution in [0.1, 0.15) is 26.3 Å². The van der Waals surface area contributed by atoms with Crippen LogP contribution in [0.5, 0.6) is 5.75 Å². The molecule has 90 valence electrons. The van der Waals surface area contributed by atoms with E-state index in [0.717, 1.165) is 5.56 Å². The van der Waals surface area contributed by atoms with Gasteiger partial charge < -0.3 is 10.5 Å². The van der Waals surface area contributed by atoms with Crippen LogP contribution in [0.4, 0.5) is 4.39 Å². The van der Waals surface area contributed by atoms with Crippen LogP contribution in [-0.2, 0) is 5.41 Å². The molecular weight excluding hydrogens is 205 g/mol. The third kappa shape index (κ3) is 2.19. The molecule has 0 bridgehead atoms. The summed E-state index contributed by atoms with van der Waals surface area (Å²) >= 11 is 0. The Labute approximate surface area is 96.6 Å². The molecule has 0 fully saturated rings. The Kier molecular flexibility index (Phi) is 3.92. The minimum atomic E-state index is -0.333. The van der Waals surface area contributed by atoms with E-state index in [9.17, 15) is 4.39 Å². The van der Waals surface area contributed by atoms with Crippen molar-refractivity contribution in [3.63, 3.8) is 0 Å². The van der Waals surface area contributed by atoms with Crippen LogP contribution in [0.2, 0.25) is 0 Å². The average molecular weight is 225 g/mol. The summed E-state index contributed by atoms with van der Waals surface area (Å²) in [5.41, 5.74) is 6.53. The van der Waals surface area contributed by atoms with Crippen LogP contribution in [0.3, 0.4) is 0 Å².